The number of hydrogen-bond donors (Lipinski definition) is 2. The van der Waals surface area contributed by atoms with Crippen molar-refractivity contribution in [3.05, 3.63) is 46.0 Å². The second kappa shape index (κ2) is 5.84. The molecule has 0 saturated carbocycles. The zero-order valence-corrected chi connectivity index (χ0v) is 11.8. The fraction of sp³-hybridized carbons (Fsp3) is 0.286. The van der Waals surface area contributed by atoms with E-state index in [1.165, 1.54) is 16.9 Å². The number of nitrogens with one attached hydrogen (secondary N) is 1. The average molecular weight is 276 g/mol. The molecular weight excluding hydrogens is 260 g/mol. The van der Waals surface area contributed by atoms with Crippen LogP contribution in [0.1, 0.15) is 33.4 Å². The van der Waals surface area contributed by atoms with E-state index in [1.54, 1.807) is 6.92 Å². The highest BCUT2D eigenvalue weighted by Crippen LogP contribution is 2.22. The van der Waals surface area contributed by atoms with E-state index < -0.39 is 5.97 Å². The Balaban J connectivity index is 2.01. The lowest BCUT2D eigenvalue weighted by atomic mass is 10.1. The Hall–Kier alpha value is -1.88. The largest absolute Gasteiger partial charge is 0.476 e. The Labute approximate surface area is 116 Å². The minimum absolute atomic E-state index is 0.133. The second-order valence-electron chi connectivity index (χ2n) is 4.25. The Morgan fingerprint density at radius 3 is 2.47 bits per heavy atom. The van der Waals surface area contributed by atoms with E-state index in [0.717, 1.165) is 16.9 Å². The third-order valence-electron chi connectivity index (χ3n) is 2.87. The first-order chi connectivity index (χ1) is 9.10. The maximum Gasteiger partial charge on any atom is 0.355 e. The molecule has 1 aromatic heterocycles. The molecule has 100 valence electrons. The molecule has 19 heavy (non-hydrogen) atoms. The zero-order valence-electron chi connectivity index (χ0n) is 10.9. The number of aromatic nitrogens is 1. The van der Waals surface area contributed by atoms with E-state index in [9.17, 15) is 4.79 Å². The van der Waals surface area contributed by atoms with Crippen molar-refractivity contribution < 1.29 is 9.90 Å². The zero-order chi connectivity index (χ0) is 13.8. The third kappa shape index (κ3) is 3.32. The van der Waals surface area contributed by atoms with Crippen LogP contribution in [-0.2, 0) is 13.0 Å². The lowest BCUT2D eigenvalue weighted by Gasteiger charge is -2.03. The number of nitrogens with zero attached hydrogens (tertiary/aromatic N) is 1. The van der Waals surface area contributed by atoms with Crippen LogP contribution in [0.15, 0.2) is 24.3 Å². The van der Waals surface area contributed by atoms with Crippen LogP contribution in [0.3, 0.4) is 0 Å². The quantitative estimate of drug-likeness (QED) is 0.879. The maximum absolute atomic E-state index is 10.9. The van der Waals surface area contributed by atoms with E-state index >= 15 is 0 Å². The molecule has 1 heterocycles. The number of aryl methyl sites for hydroxylation is 2. The molecule has 5 heteroatoms. The van der Waals surface area contributed by atoms with Gasteiger partial charge in [-0.3, -0.25) is 0 Å². The van der Waals surface area contributed by atoms with Crippen LogP contribution in [0.5, 0.6) is 0 Å². The number of thiazole rings is 1. The number of carbonyl (C=O) groups is 1. The summed E-state index contributed by atoms with van der Waals surface area (Å²) in [4.78, 5) is 15.7. The highest BCUT2D eigenvalue weighted by molar-refractivity contribution is 7.15. The fourth-order valence-electron chi connectivity index (χ4n) is 1.74. The van der Waals surface area contributed by atoms with Gasteiger partial charge in [-0.05, 0) is 24.5 Å². The summed E-state index contributed by atoms with van der Waals surface area (Å²) in [5.74, 6) is -0.978. The summed E-state index contributed by atoms with van der Waals surface area (Å²) in [6.07, 6.45) is 1.03. The van der Waals surface area contributed by atoms with Gasteiger partial charge in [-0.2, -0.15) is 0 Å². The van der Waals surface area contributed by atoms with Gasteiger partial charge in [-0.1, -0.05) is 31.2 Å². The highest BCUT2D eigenvalue weighted by Gasteiger charge is 2.13. The minimum Gasteiger partial charge on any atom is -0.476 e. The van der Waals surface area contributed by atoms with Crippen LogP contribution >= 0.6 is 11.3 Å². The minimum atomic E-state index is -0.978. The van der Waals surface area contributed by atoms with Gasteiger partial charge in [0.15, 0.2) is 10.8 Å². The molecule has 0 bridgehead atoms. The normalized spacial score (nSPS) is 10.4. The van der Waals surface area contributed by atoms with Crippen molar-refractivity contribution in [3.8, 4) is 0 Å². The molecule has 0 aliphatic carbocycles. The lowest BCUT2D eigenvalue weighted by Crippen LogP contribution is -2.01. The van der Waals surface area contributed by atoms with Gasteiger partial charge in [0, 0.05) is 11.4 Å². The van der Waals surface area contributed by atoms with Gasteiger partial charge in [0.25, 0.3) is 0 Å². The Bertz CT molecular complexity index is 576. The first kappa shape index (κ1) is 13.5. The maximum atomic E-state index is 10.9. The summed E-state index contributed by atoms with van der Waals surface area (Å²) >= 11 is 1.37. The first-order valence-corrected chi connectivity index (χ1v) is 6.94. The predicted molar refractivity (Wildman–Crippen MR) is 77.0 cm³/mol. The topological polar surface area (TPSA) is 62.2 Å². The fourth-order valence-corrected chi connectivity index (χ4v) is 2.54. The van der Waals surface area contributed by atoms with Gasteiger partial charge in [0.05, 0.1) is 0 Å². The van der Waals surface area contributed by atoms with Gasteiger partial charge in [0.2, 0.25) is 0 Å². The van der Waals surface area contributed by atoms with Crippen LogP contribution in [0.25, 0.3) is 0 Å². The standard InChI is InChI=1S/C14H16N2O2S/c1-3-10-4-6-11(7-5-10)8-15-14-16-12(13(17)18)9(2)19-14/h4-7H,3,8H2,1-2H3,(H,15,16)(H,17,18). The van der Waals surface area contributed by atoms with Crippen molar-refractivity contribution in [3.63, 3.8) is 0 Å². The molecule has 0 saturated heterocycles. The Morgan fingerprint density at radius 1 is 1.32 bits per heavy atom. The van der Waals surface area contributed by atoms with Gasteiger partial charge >= 0.3 is 5.97 Å². The molecule has 2 rings (SSSR count). The summed E-state index contributed by atoms with van der Waals surface area (Å²) in [6.45, 7) is 4.54. The first-order valence-electron chi connectivity index (χ1n) is 6.12. The summed E-state index contributed by atoms with van der Waals surface area (Å²) in [6, 6.07) is 8.36. The van der Waals surface area contributed by atoms with Crippen LogP contribution < -0.4 is 5.32 Å². The van der Waals surface area contributed by atoms with Gasteiger partial charge in [-0.15, -0.1) is 11.3 Å². The van der Waals surface area contributed by atoms with E-state index in [0.29, 0.717) is 11.7 Å². The molecule has 4 nitrogen and oxygen atoms in total. The van der Waals surface area contributed by atoms with Crippen molar-refractivity contribution in [2.45, 2.75) is 26.8 Å². The van der Waals surface area contributed by atoms with Crippen LogP contribution in [0.4, 0.5) is 5.13 Å². The number of hydrogen-bond acceptors (Lipinski definition) is 4. The molecule has 2 aromatic rings. The van der Waals surface area contributed by atoms with Gasteiger partial charge < -0.3 is 10.4 Å². The monoisotopic (exact) mass is 276 g/mol. The summed E-state index contributed by atoms with van der Waals surface area (Å²) < 4.78 is 0. The molecule has 0 radical (unpaired) electrons. The van der Waals surface area contributed by atoms with Gasteiger partial charge in [-0.25, -0.2) is 9.78 Å². The molecular formula is C14H16N2O2S. The number of anilines is 1. The van der Waals surface area contributed by atoms with Gasteiger partial charge in [0.1, 0.15) is 0 Å². The van der Waals surface area contributed by atoms with Crippen molar-refractivity contribution in [1.82, 2.24) is 4.98 Å². The summed E-state index contributed by atoms with van der Waals surface area (Å²) in [7, 11) is 0. The number of carboxylic acids is 1. The average Bonchev–Trinajstić information content (AvgIpc) is 2.78. The molecule has 0 aliphatic rings. The summed E-state index contributed by atoms with van der Waals surface area (Å²) in [5, 5.41) is 12.7. The summed E-state index contributed by atoms with van der Waals surface area (Å²) in [5.41, 5.74) is 2.60. The van der Waals surface area contributed by atoms with Crippen molar-refractivity contribution in [2.75, 3.05) is 5.32 Å². The molecule has 0 aliphatic heterocycles. The molecule has 2 N–H and O–H groups in total. The smallest absolute Gasteiger partial charge is 0.355 e. The SMILES string of the molecule is CCc1ccc(CNc2nc(C(=O)O)c(C)s2)cc1. The Kier molecular flexibility index (Phi) is 4.16. The Morgan fingerprint density at radius 2 is 1.95 bits per heavy atom. The van der Waals surface area contributed by atoms with Crippen LogP contribution in [0, 0.1) is 6.92 Å². The number of rotatable bonds is 5. The number of carboxylic acid groups (broad SMARTS) is 1. The molecule has 0 amide bonds. The van der Waals surface area contributed by atoms with E-state index in [4.69, 9.17) is 5.11 Å². The molecule has 0 unspecified atom stereocenters. The van der Waals surface area contributed by atoms with E-state index in [-0.39, 0.29) is 5.69 Å². The molecule has 0 fully saturated rings. The third-order valence-corrected chi connectivity index (χ3v) is 3.80. The van der Waals surface area contributed by atoms with E-state index in [1.807, 2.05) is 0 Å². The molecule has 1 aromatic carbocycles. The van der Waals surface area contributed by atoms with Crippen molar-refractivity contribution in [1.29, 1.82) is 0 Å². The van der Waals surface area contributed by atoms with Crippen molar-refractivity contribution in [2.24, 2.45) is 0 Å². The van der Waals surface area contributed by atoms with Crippen LogP contribution in [0.2, 0.25) is 0 Å². The molecule has 0 spiro atoms. The number of aromatic carboxylic acids is 1. The second-order valence-corrected chi connectivity index (χ2v) is 5.46. The molecule has 0 atom stereocenters. The number of benzene rings is 1. The highest BCUT2D eigenvalue weighted by atomic mass is 32.1. The van der Waals surface area contributed by atoms with Crippen molar-refractivity contribution >= 4 is 22.4 Å². The predicted octanol–water partition coefficient (Wildman–Crippen LogP) is 3.32. The van der Waals surface area contributed by atoms with Crippen LogP contribution in [-0.4, -0.2) is 16.1 Å². The lowest BCUT2D eigenvalue weighted by molar-refractivity contribution is 0.0690. The van der Waals surface area contributed by atoms with E-state index in [2.05, 4.69) is 41.5 Å².